The summed E-state index contributed by atoms with van der Waals surface area (Å²) in [6.07, 6.45) is 1.09. The first-order valence-corrected chi connectivity index (χ1v) is 4.15. The molecule has 0 aromatic carbocycles. The Balaban J connectivity index is 0.00000169. The van der Waals surface area contributed by atoms with Gasteiger partial charge in [-0.1, -0.05) is 5.16 Å². The lowest BCUT2D eigenvalue weighted by Gasteiger charge is -1.98. The SMILES string of the molecule is Cc1cc(NC(=O)CCCN)on1.Cl. The van der Waals surface area contributed by atoms with Crippen LogP contribution in [0.2, 0.25) is 0 Å². The Morgan fingerprint density at radius 2 is 2.43 bits per heavy atom. The minimum atomic E-state index is -0.0957. The molecule has 1 rings (SSSR count). The van der Waals surface area contributed by atoms with Gasteiger partial charge in [0.15, 0.2) is 0 Å². The second-order valence-corrected chi connectivity index (χ2v) is 2.77. The Morgan fingerprint density at radius 3 is 2.93 bits per heavy atom. The molecular weight excluding hydrogens is 206 g/mol. The van der Waals surface area contributed by atoms with Crippen molar-refractivity contribution in [1.29, 1.82) is 0 Å². The van der Waals surface area contributed by atoms with Crippen LogP contribution in [0.5, 0.6) is 0 Å². The molecule has 5 nitrogen and oxygen atoms in total. The number of carbonyl (C=O) groups excluding carboxylic acids is 1. The van der Waals surface area contributed by atoms with Gasteiger partial charge in [-0.3, -0.25) is 10.1 Å². The molecule has 1 aromatic heterocycles. The Morgan fingerprint density at radius 1 is 1.71 bits per heavy atom. The molecule has 3 N–H and O–H groups in total. The van der Waals surface area contributed by atoms with Crippen molar-refractivity contribution in [2.75, 3.05) is 11.9 Å². The molecule has 1 heterocycles. The van der Waals surface area contributed by atoms with Gasteiger partial charge in [-0.05, 0) is 19.9 Å². The molecule has 0 aliphatic carbocycles. The van der Waals surface area contributed by atoms with Gasteiger partial charge in [-0.15, -0.1) is 12.4 Å². The summed E-state index contributed by atoms with van der Waals surface area (Å²) >= 11 is 0. The van der Waals surface area contributed by atoms with Crippen LogP contribution in [0.25, 0.3) is 0 Å². The number of anilines is 1. The largest absolute Gasteiger partial charge is 0.338 e. The molecule has 6 heteroatoms. The van der Waals surface area contributed by atoms with E-state index in [-0.39, 0.29) is 18.3 Å². The quantitative estimate of drug-likeness (QED) is 0.794. The number of carbonyl (C=O) groups is 1. The van der Waals surface area contributed by atoms with Crippen molar-refractivity contribution in [2.45, 2.75) is 19.8 Å². The Bertz CT molecular complexity index is 288. The van der Waals surface area contributed by atoms with Gasteiger partial charge in [-0.25, -0.2) is 0 Å². The van der Waals surface area contributed by atoms with Gasteiger partial charge < -0.3 is 10.3 Å². The summed E-state index contributed by atoms with van der Waals surface area (Å²) in [6.45, 7) is 2.31. The molecule has 1 amide bonds. The predicted molar refractivity (Wildman–Crippen MR) is 55.4 cm³/mol. The zero-order valence-electron chi connectivity index (χ0n) is 7.95. The maximum Gasteiger partial charge on any atom is 0.231 e. The molecule has 0 fully saturated rings. The average molecular weight is 220 g/mol. The van der Waals surface area contributed by atoms with E-state index in [1.165, 1.54) is 0 Å². The molecule has 0 bridgehead atoms. The number of hydrogen-bond acceptors (Lipinski definition) is 4. The highest BCUT2D eigenvalue weighted by Gasteiger charge is 2.04. The van der Waals surface area contributed by atoms with Crippen molar-refractivity contribution in [3.8, 4) is 0 Å². The Labute approximate surface area is 88.4 Å². The van der Waals surface area contributed by atoms with Crippen molar-refractivity contribution in [3.63, 3.8) is 0 Å². The fourth-order valence-electron chi connectivity index (χ4n) is 0.885. The van der Waals surface area contributed by atoms with E-state index >= 15 is 0 Å². The first-order valence-electron chi connectivity index (χ1n) is 4.15. The summed E-state index contributed by atoms with van der Waals surface area (Å²) in [5, 5.41) is 6.21. The minimum absolute atomic E-state index is 0. The normalized spacial score (nSPS) is 9.29. The molecule has 0 aliphatic heterocycles. The van der Waals surface area contributed by atoms with Crippen molar-refractivity contribution in [3.05, 3.63) is 11.8 Å². The molecule has 0 saturated heterocycles. The highest BCUT2D eigenvalue weighted by molar-refractivity contribution is 5.89. The maximum atomic E-state index is 11.1. The van der Waals surface area contributed by atoms with Gasteiger partial charge >= 0.3 is 0 Å². The summed E-state index contributed by atoms with van der Waals surface area (Å²) in [7, 11) is 0. The van der Waals surface area contributed by atoms with Crippen LogP contribution < -0.4 is 11.1 Å². The number of rotatable bonds is 4. The summed E-state index contributed by atoms with van der Waals surface area (Å²) in [5.41, 5.74) is 6.00. The smallest absolute Gasteiger partial charge is 0.231 e. The van der Waals surface area contributed by atoms with Crippen LogP contribution in [0, 0.1) is 6.92 Å². The van der Waals surface area contributed by atoms with Gasteiger partial charge in [0.1, 0.15) is 0 Å². The van der Waals surface area contributed by atoms with Crippen LogP contribution in [-0.2, 0) is 4.79 Å². The summed E-state index contributed by atoms with van der Waals surface area (Å²) in [5.74, 6) is 0.293. The zero-order chi connectivity index (χ0) is 9.68. The minimum Gasteiger partial charge on any atom is -0.338 e. The van der Waals surface area contributed by atoms with Gasteiger partial charge in [0, 0.05) is 12.5 Å². The van der Waals surface area contributed by atoms with E-state index in [0.29, 0.717) is 25.3 Å². The first-order chi connectivity index (χ1) is 6.22. The lowest BCUT2D eigenvalue weighted by atomic mass is 10.3. The monoisotopic (exact) mass is 219 g/mol. The third-order valence-corrected chi connectivity index (χ3v) is 1.50. The van der Waals surface area contributed by atoms with E-state index in [2.05, 4.69) is 10.5 Å². The number of aryl methyl sites for hydroxylation is 1. The molecule has 0 unspecified atom stereocenters. The molecule has 80 valence electrons. The standard InChI is InChI=1S/C8H13N3O2.ClH/c1-6-5-8(13-11-6)10-7(12)3-2-4-9;/h5H,2-4,9H2,1H3,(H,10,12);1H. The molecule has 0 spiro atoms. The zero-order valence-corrected chi connectivity index (χ0v) is 8.76. The molecule has 0 atom stereocenters. The van der Waals surface area contributed by atoms with Crippen molar-refractivity contribution >= 4 is 24.2 Å². The lowest BCUT2D eigenvalue weighted by molar-refractivity contribution is -0.116. The van der Waals surface area contributed by atoms with Crippen LogP contribution in [-0.4, -0.2) is 17.6 Å². The van der Waals surface area contributed by atoms with E-state index < -0.39 is 0 Å². The highest BCUT2D eigenvalue weighted by atomic mass is 35.5. The van der Waals surface area contributed by atoms with Crippen LogP contribution in [0.1, 0.15) is 18.5 Å². The fraction of sp³-hybridized carbons (Fsp3) is 0.500. The first kappa shape index (κ1) is 12.9. The van der Waals surface area contributed by atoms with Crippen LogP contribution >= 0.6 is 12.4 Å². The van der Waals surface area contributed by atoms with Crippen LogP contribution in [0.3, 0.4) is 0 Å². The number of nitrogens with zero attached hydrogens (tertiary/aromatic N) is 1. The number of halogens is 1. The van der Waals surface area contributed by atoms with Crippen molar-refractivity contribution in [2.24, 2.45) is 5.73 Å². The Kier molecular flexibility index (Phi) is 5.91. The summed E-state index contributed by atoms with van der Waals surface area (Å²) < 4.78 is 4.80. The van der Waals surface area contributed by atoms with Crippen LogP contribution in [0.4, 0.5) is 5.88 Å². The third-order valence-electron chi connectivity index (χ3n) is 1.50. The van der Waals surface area contributed by atoms with Gasteiger partial charge in [0.05, 0.1) is 5.69 Å². The van der Waals surface area contributed by atoms with Gasteiger partial charge in [0.2, 0.25) is 11.8 Å². The molecular formula is C8H14ClN3O2. The summed E-state index contributed by atoms with van der Waals surface area (Å²) in [4.78, 5) is 11.1. The number of amides is 1. The van der Waals surface area contributed by atoms with Crippen molar-refractivity contribution < 1.29 is 9.32 Å². The number of hydrogen-bond donors (Lipinski definition) is 2. The van der Waals surface area contributed by atoms with E-state index in [1.54, 1.807) is 13.0 Å². The molecule has 14 heavy (non-hydrogen) atoms. The predicted octanol–water partition coefficient (Wildman–Crippen LogP) is 1.08. The Hall–Kier alpha value is -1.07. The molecule has 0 aliphatic rings. The maximum absolute atomic E-state index is 11.1. The second-order valence-electron chi connectivity index (χ2n) is 2.77. The number of nitrogens with one attached hydrogen (secondary N) is 1. The van der Waals surface area contributed by atoms with Gasteiger partial charge in [-0.2, -0.15) is 0 Å². The van der Waals surface area contributed by atoms with E-state index in [4.69, 9.17) is 10.3 Å². The highest BCUT2D eigenvalue weighted by Crippen LogP contribution is 2.08. The lowest BCUT2D eigenvalue weighted by Crippen LogP contribution is -2.12. The molecule has 1 aromatic rings. The molecule has 0 saturated carbocycles. The van der Waals surface area contributed by atoms with Crippen LogP contribution in [0.15, 0.2) is 10.6 Å². The number of aromatic nitrogens is 1. The third kappa shape index (κ3) is 4.25. The average Bonchev–Trinajstić information content (AvgIpc) is 2.48. The topological polar surface area (TPSA) is 81.2 Å². The summed E-state index contributed by atoms with van der Waals surface area (Å²) in [6, 6.07) is 1.67. The second kappa shape index (κ2) is 6.39. The number of nitrogens with two attached hydrogens (primary N) is 1. The van der Waals surface area contributed by atoms with E-state index in [0.717, 1.165) is 5.69 Å². The van der Waals surface area contributed by atoms with E-state index in [1.807, 2.05) is 0 Å². The van der Waals surface area contributed by atoms with Gasteiger partial charge in [0.25, 0.3) is 0 Å². The van der Waals surface area contributed by atoms with E-state index in [9.17, 15) is 4.79 Å². The fourth-order valence-corrected chi connectivity index (χ4v) is 0.885. The van der Waals surface area contributed by atoms with Crippen molar-refractivity contribution in [1.82, 2.24) is 5.16 Å². The molecule has 0 radical (unpaired) electrons.